The predicted octanol–water partition coefficient (Wildman–Crippen LogP) is 3.42. The average Bonchev–Trinajstić information content (AvgIpc) is 2.80. The Balaban J connectivity index is 2.01. The number of anilines is 1. The molecule has 0 aliphatic carbocycles. The number of imide groups is 1. The summed E-state index contributed by atoms with van der Waals surface area (Å²) in [5, 5.41) is 8.36. The SMILES string of the molecule is O=C1C[C@]2(C[C@@H](Cl)N=N2)C(=O)N1c1cc(Cl)cc(Cl)c1. The van der Waals surface area contributed by atoms with Crippen LogP contribution in [0.3, 0.4) is 0 Å². The minimum atomic E-state index is -1.17. The lowest BCUT2D eigenvalue weighted by atomic mass is 9.95. The van der Waals surface area contributed by atoms with Crippen LogP contribution >= 0.6 is 34.8 Å². The van der Waals surface area contributed by atoms with Crippen LogP contribution in [0.4, 0.5) is 5.69 Å². The first-order chi connectivity index (χ1) is 9.41. The minimum Gasteiger partial charge on any atom is -0.274 e. The van der Waals surface area contributed by atoms with Crippen molar-refractivity contribution in [3.8, 4) is 0 Å². The highest BCUT2D eigenvalue weighted by Gasteiger charge is 2.56. The summed E-state index contributed by atoms with van der Waals surface area (Å²) < 4.78 is 0. The average molecular weight is 333 g/mol. The van der Waals surface area contributed by atoms with Gasteiger partial charge in [-0.1, -0.05) is 34.8 Å². The highest BCUT2D eigenvalue weighted by atomic mass is 35.5. The topological polar surface area (TPSA) is 62.1 Å². The molecule has 2 amide bonds. The van der Waals surface area contributed by atoms with Crippen LogP contribution in [0.1, 0.15) is 12.8 Å². The van der Waals surface area contributed by atoms with Crippen LogP contribution in [-0.4, -0.2) is 22.9 Å². The third-order valence-electron chi connectivity index (χ3n) is 3.28. The molecule has 0 bridgehead atoms. The molecule has 0 saturated carbocycles. The van der Waals surface area contributed by atoms with E-state index in [1.54, 1.807) is 0 Å². The summed E-state index contributed by atoms with van der Waals surface area (Å²) in [6, 6.07) is 4.54. The molecule has 2 atom stereocenters. The Kier molecular flexibility index (Phi) is 3.23. The number of halogens is 3. The Labute approximate surface area is 129 Å². The van der Waals surface area contributed by atoms with Crippen LogP contribution in [-0.2, 0) is 9.59 Å². The Morgan fingerprint density at radius 3 is 2.40 bits per heavy atom. The van der Waals surface area contributed by atoms with Crippen molar-refractivity contribution in [3.05, 3.63) is 28.2 Å². The molecule has 3 rings (SSSR count). The van der Waals surface area contributed by atoms with E-state index in [2.05, 4.69) is 10.2 Å². The van der Waals surface area contributed by atoms with Crippen molar-refractivity contribution in [3.63, 3.8) is 0 Å². The third kappa shape index (κ3) is 2.10. The van der Waals surface area contributed by atoms with Gasteiger partial charge < -0.3 is 0 Å². The highest BCUT2D eigenvalue weighted by Crippen LogP contribution is 2.41. The second-order valence-electron chi connectivity index (χ2n) is 4.72. The fourth-order valence-electron chi connectivity index (χ4n) is 2.43. The highest BCUT2D eigenvalue weighted by molar-refractivity contribution is 6.36. The van der Waals surface area contributed by atoms with Crippen LogP contribution in [0.25, 0.3) is 0 Å². The molecule has 2 heterocycles. The second-order valence-corrected chi connectivity index (χ2v) is 6.10. The molecule has 1 saturated heterocycles. The number of hydrogen-bond acceptors (Lipinski definition) is 4. The summed E-state index contributed by atoms with van der Waals surface area (Å²) in [5.74, 6) is -0.800. The van der Waals surface area contributed by atoms with E-state index in [1.807, 2.05) is 0 Å². The van der Waals surface area contributed by atoms with Crippen molar-refractivity contribution in [2.24, 2.45) is 10.2 Å². The van der Waals surface area contributed by atoms with Gasteiger partial charge in [0.2, 0.25) is 5.91 Å². The largest absolute Gasteiger partial charge is 0.274 e. The maximum atomic E-state index is 12.5. The molecule has 0 unspecified atom stereocenters. The van der Waals surface area contributed by atoms with Crippen molar-refractivity contribution in [1.29, 1.82) is 0 Å². The number of benzene rings is 1. The van der Waals surface area contributed by atoms with E-state index in [0.29, 0.717) is 15.7 Å². The lowest BCUT2D eigenvalue weighted by molar-refractivity contribution is -0.122. The fraction of sp³-hybridized carbons (Fsp3) is 0.333. The van der Waals surface area contributed by atoms with Crippen LogP contribution in [0.2, 0.25) is 10.0 Å². The molecular formula is C12H8Cl3N3O2. The van der Waals surface area contributed by atoms with Gasteiger partial charge in [-0.2, -0.15) is 10.2 Å². The van der Waals surface area contributed by atoms with E-state index in [9.17, 15) is 9.59 Å². The number of amides is 2. The second kappa shape index (κ2) is 4.69. The van der Waals surface area contributed by atoms with Crippen molar-refractivity contribution >= 4 is 52.3 Å². The fourth-order valence-corrected chi connectivity index (χ4v) is 3.24. The maximum Gasteiger partial charge on any atom is 0.264 e. The van der Waals surface area contributed by atoms with E-state index in [4.69, 9.17) is 34.8 Å². The number of azo groups is 1. The summed E-state index contributed by atoms with van der Waals surface area (Å²) in [4.78, 5) is 25.7. The predicted molar refractivity (Wildman–Crippen MR) is 75.4 cm³/mol. The third-order valence-corrected chi connectivity index (χ3v) is 3.96. The first kappa shape index (κ1) is 13.8. The van der Waals surface area contributed by atoms with E-state index in [-0.39, 0.29) is 18.7 Å². The smallest absolute Gasteiger partial charge is 0.264 e. The normalized spacial score (nSPS) is 28.9. The summed E-state index contributed by atoms with van der Waals surface area (Å²) in [6.07, 6.45) is 0.187. The minimum absolute atomic E-state index is 0.0390. The van der Waals surface area contributed by atoms with Gasteiger partial charge in [0, 0.05) is 16.5 Å². The molecule has 8 heteroatoms. The van der Waals surface area contributed by atoms with Gasteiger partial charge >= 0.3 is 0 Å². The molecule has 0 N–H and O–H groups in total. The zero-order valence-corrected chi connectivity index (χ0v) is 12.3. The first-order valence-electron chi connectivity index (χ1n) is 5.81. The molecule has 0 aromatic heterocycles. The number of carbonyl (C=O) groups excluding carboxylic acids is 2. The van der Waals surface area contributed by atoms with Crippen LogP contribution in [0.15, 0.2) is 28.4 Å². The Morgan fingerprint density at radius 2 is 1.85 bits per heavy atom. The lowest BCUT2D eigenvalue weighted by Gasteiger charge is -2.18. The first-order valence-corrected chi connectivity index (χ1v) is 7.00. The van der Waals surface area contributed by atoms with E-state index >= 15 is 0 Å². The molecule has 20 heavy (non-hydrogen) atoms. The zero-order chi connectivity index (χ0) is 14.5. The number of nitrogens with zero attached hydrogens (tertiary/aromatic N) is 3. The van der Waals surface area contributed by atoms with E-state index in [0.717, 1.165) is 4.90 Å². The maximum absolute atomic E-state index is 12.5. The number of alkyl halides is 1. The molecule has 5 nitrogen and oxygen atoms in total. The molecular weight excluding hydrogens is 325 g/mol. The van der Waals surface area contributed by atoms with Gasteiger partial charge in [-0.25, -0.2) is 4.90 Å². The van der Waals surface area contributed by atoms with Gasteiger partial charge in [0.25, 0.3) is 5.91 Å². The monoisotopic (exact) mass is 331 g/mol. The standard InChI is InChI=1S/C12H8Cl3N3O2/c13-6-1-7(14)3-8(2-6)18-10(19)5-12(11(18)20)4-9(15)16-17-12/h1-3,9H,4-5H2/t9-,12+/m0/s1. The summed E-state index contributed by atoms with van der Waals surface area (Å²) in [6.45, 7) is 0. The molecule has 1 aromatic rings. The Bertz CT molecular complexity index is 629. The molecule has 104 valence electrons. The molecule has 1 fully saturated rings. The Morgan fingerprint density at radius 1 is 1.20 bits per heavy atom. The molecule has 1 spiro atoms. The molecule has 2 aliphatic rings. The molecule has 2 aliphatic heterocycles. The summed E-state index contributed by atoms with van der Waals surface area (Å²) in [5.41, 5.74) is -1.41. The zero-order valence-electron chi connectivity index (χ0n) is 10.0. The van der Waals surface area contributed by atoms with Crippen molar-refractivity contribution in [1.82, 2.24) is 0 Å². The number of carbonyl (C=O) groups is 2. The van der Waals surface area contributed by atoms with Crippen molar-refractivity contribution < 1.29 is 9.59 Å². The van der Waals surface area contributed by atoms with Crippen molar-refractivity contribution in [2.75, 3.05) is 4.90 Å². The molecule has 0 radical (unpaired) electrons. The summed E-state index contributed by atoms with van der Waals surface area (Å²) >= 11 is 17.7. The number of rotatable bonds is 1. The van der Waals surface area contributed by atoms with Crippen LogP contribution in [0, 0.1) is 0 Å². The van der Waals surface area contributed by atoms with E-state index < -0.39 is 16.9 Å². The van der Waals surface area contributed by atoms with Crippen LogP contribution in [0.5, 0.6) is 0 Å². The Hall–Kier alpha value is -1.17. The lowest BCUT2D eigenvalue weighted by Crippen LogP contribution is -2.38. The van der Waals surface area contributed by atoms with Gasteiger partial charge in [-0.15, -0.1) is 0 Å². The van der Waals surface area contributed by atoms with Gasteiger partial charge in [-0.05, 0) is 18.2 Å². The quantitative estimate of drug-likeness (QED) is 0.449. The van der Waals surface area contributed by atoms with Gasteiger partial charge in [-0.3, -0.25) is 9.59 Å². The number of hydrogen-bond donors (Lipinski definition) is 0. The van der Waals surface area contributed by atoms with Gasteiger partial charge in [0.1, 0.15) is 5.50 Å². The van der Waals surface area contributed by atoms with Gasteiger partial charge in [0.15, 0.2) is 5.54 Å². The van der Waals surface area contributed by atoms with Crippen molar-refractivity contribution in [2.45, 2.75) is 23.9 Å². The van der Waals surface area contributed by atoms with Crippen LogP contribution < -0.4 is 4.90 Å². The van der Waals surface area contributed by atoms with Gasteiger partial charge in [0.05, 0.1) is 12.1 Å². The van der Waals surface area contributed by atoms with E-state index in [1.165, 1.54) is 18.2 Å². The summed E-state index contributed by atoms with van der Waals surface area (Å²) in [7, 11) is 0. The molecule has 1 aromatic carbocycles.